The van der Waals surface area contributed by atoms with Crippen molar-refractivity contribution in [2.75, 3.05) is 54.1 Å². The van der Waals surface area contributed by atoms with E-state index in [4.69, 9.17) is 16.6 Å². The molecule has 9 heteroatoms. The van der Waals surface area contributed by atoms with Crippen molar-refractivity contribution in [1.29, 1.82) is 0 Å². The molecule has 1 aliphatic heterocycles. The fourth-order valence-corrected chi connectivity index (χ4v) is 4.44. The standard InChI is InChI=1S/C28H28ClN7O/c1-3-25(37)30-20-6-4-7-21(18-20)31-27-23-8-5-9-24(29)26(23)33-28(34-27)32-19-10-12-22(13-11-19)36-16-14-35(2)15-17-36/h3-13,18H,1,14-17H2,2H3,(H,30,37)(H2,31,32,33,34). The lowest BCUT2D eigenvalue weighted by molar-refractivity contribution is -0.111. The average molecular weight is 514 g/mol. The van der Waals surface area contributed by atoms with Gasteiger partial charge in [0.05, 0.1) is 10.5 Å². The maximum atomic E-state index is 11.7. The van der Waals surface area contributed by atoms with Gasteiger partial charge in [-0.2, -0.15) is 4.98 Å². The second-order valence-electron chi connectivity index (χ2n) is 8.89. The van der Waals surface area contributed by atoms with Gasteiger partial charge in [-0.15, -0.1) is 0 Å². The van der Waals surface area contributed by atoms with E-state index >= 15 is 0 Å². The molecule has 0 unspecified atom stereocenters. The number of rotatable bonds is 7. The molecule has 8 nitrogen and oxygen atoms in total. The SMILES string of the molecule is C=CC(=O)Nc1cccc(Nc2nc(Nc3ccc(N4CCN(C)CC4)cc3)nc3c(Cl)cccc23)c1. The van der Waals surface area contributed by atoms with Crippen molar-refractivity contribution in [3.63, 3.8) is 0 Å². The van der Waals surface area contributed by atoms with Crippen LogP contribution < -0.4 is 20.9 Å². The van der Waals surface area contributed by atoms with Gasteiger partial charge in [0.25, 0.3) is 0 Å². The summed E-state index contributed by atoms with van der Waals surface area (Å²) in [5, 5.41) is 10.7. The van der Waals surface area contributed by atoms with E-state index in [0.717, 1.165) is 42.9 Å². The molecule has 3 aromatic carbocycles. The molecule has 0 saturated carbocycles. The van der Waals surface area contributed by atoms with E-state index in [1.54, 1.807) is 12.1 Å². The Labute approximate surface area is 221 Å². The molecule has 37 heavy (non-hydrogen) atoms. The first-order valence-electron chi connectivity index (χ1n) is 12.1. The van der Waals surface area contributed by atoms with Gasteiger partial charge in [-0.3, -0.25) is 4.79 Å². The number of likely N-dealkylation sites (N-methyl/N-ethyl adjacent to an activating group) is 1. The highest BCUT2D eigenvalue weighted by Gasteiger charge is 2.15. The summed E-state index contributed by atoms with van der Waals surface area (Å²) < 4.78 is 0. The zero-order chi connectivity index (χ0) is 25.8. The Morgan fingerprint density at radius 3 is 2.41 bits per heavy atom. The van der Waals surface area contributed by atoms with Crippen LogP contribution in [0.3, 0.4) is 0 Å². The van der Waals surface area contributed by atoms with Gasteiger partial charge < -0.3 is 25.8 Å². The molecule has 2 heterocycles. The molecule has 1 amide bonds. The van der Waals surface area contributed by atoms with Crippen molar-refractivity contribution in [3.05, 3.63) is 84.4 Å². The van der Waals surface area contributed by atoms with E-state index in [2.05, 4.69) is 56.5 Å². The highest BCUT2D eigenvalue weighted by atomic mass is 35.5. The normalized spacial score (nSPS) is 13.8. The molecule has 5 rings (SSSR count). The molecule has 3 N–H and O–H groups in total. The molecule has 0 atom stereocenters. The van der Waals surface area contributed by atoms with Gasteiger partial charge >= 0.3 is 0 Å². The number of para-hydroxylation sites is 1. The Hall–Kier alpha value is -4.14. The average Bonchev–Trinajstić information content (AvgIpc) is 2.90. The topological polar surface area (TPSA) is 85.4 Å². The number of aromatic nitrogens is 2. The lowest BCUT2D eigenvalue weighted by Gasteiger charge is -2.34. The molecule has 1 fully saturated rings. The van der Waals surface area contributed by atoms with Crippen LogP contribution >= 0.6 is 11.6 Å². The first-order valence-corrected chi connectivity index (χ1v) is 12.4. The van der Waals surface area contributed by atoms with Crippen LogP contribution in [-0.4, -0.2) is 54.0 Å². The zero-order valence-corrected chi connectivity index (χ0v) is 21.3. The number of hydrogen-bond donors (Lipinski definition) is 3. The Morgan fingerprint density at radius 2 is 1.65 bits per heavy atom. The van der Waals surface area contributed by atoms with Crippen LogP contribution in [0.5, 0.6) is 0 Å². The first-order chi connectivity index (χ1) is 18.0. The van der Waals surface area contributed by atoms with Crippen LogP contribution in [0.15, 0.2) is 79.4 Å². The van der Waals surface area contributed by atoms with Gasteiger partial charge in [0.1, 0.15) is 5.82 Å². The number of fused-ring (bicyclic) bond motifs is 1. The molecule has 0 bridgehead atoms. The molecule has 4 aromatic rings. The van der Waals surface area contributed by atoms with Crippen LogP contribution in [0.2, 0.25) is 5.02 Å². The minimum absolute atomic E-state index is 0.276. The number of hydrogen-bond acceptors (Lipinski definition) is 7. The number of carbonyl (C=O) groups excluding carboxylic acids is 1. The van der Waals surface area contributed by atoms with E-state index in [1.807, 2.05) is 42.5 Å². The van der Waals surface area contributed by atoms with Gasteiger partial charge in [-0.05, 0) is 67.7 Å². The third kappa shape index (κ3) is 5.82. The van der Waals surface area contributed by atoms with Crippen molar-refractivity contribution in [2.24, 2.45) is 0 Å². The first kappa shape index (κ1) is 24.5. The fraction of sp³-hybridized carbons (Fsp3) is 0.179. The van der Waals surface area contributed by atoms with Crippen molar-refractivity contribution in [1.82, 2.24) is 14.9 Å². The van der Waals surface area contributed by atoms with E-state index in [-0.39, 0.29) is 5.91 Å². The monoisotopic (exact) mass is 513 g/mol. The van der Waals surface area contributed by atoms with Gasteiger partial charge in [-0.25, -0.2) is 4.98 Å². The van der Waals surface area contributed by atoms with Gasteiger partial charge in [-0.1, -0.05) is 30.3 Å². The summed E-state index contributed by atoms with van der Waals surface area (Å²) >= 11 is 6.51. The van der Waals surface area contributed by atoms with Crippen LogP contribution in [0.1, 0.15) is 0 Å². The Bertz CT molecular complexity index is 1430. The Balaban J connectivity index is 1.41. The lowest BCUT2D eigenvalue weighted by atomic mass is 10.2. The van der Waals surface area contributed by atoms with Gasteiger partial charge in [0.2, 0.25) is 11.9 Å². The number of carbonyl (C=O) groups is 1. The van der Waals surface area contributed by atoms with Crippen LogP contribution in [0.25, 0.3) is 10.9 Å². The number of halogens is 1. The van der Waals surface area contributed by atoms with Crippen molar-refractivity contribution in [2.45, 2.75) is 0 Å². The maximum Gasteiger partial charge on any atom is 0.247 e. The summed E-state index contributed by atoms with van der Waals surface area (Å²) in [6, 6.07) is 21.3. The lowest BCUT2D eigenvalue weighted by Crippen LogP contribution is -2.44. The molecule has 1 saturated heterocycles. The molecule has 1 aromatic heterocycles. The second-order valence-corrected chi connectivity index (χ2v) is 9.30. The Morgan fingerprint density at radius 1 is 0.919 bits per heavy atom. The van der Waals surface area contributed by atoms with Crippen molar-refractivity contribution >= 4 is 62.9 Å². The second kappa shape index (κ2) is 10.9. The molecule has 1 aliphatic rings. The van der Waals surface area contributed by atoms with Crippen molar-refractivity contribution < 1.29 is 4.79 Å². The fourth-order valence-electron chi connectivity index (χ4n) is 4.22. The minimum Gasteiger partial charge on any atom is -0.369 e. The molecular formula is C28H28ClN7O. The zero-order valence-electron chi connectivity index (χ0n) is 20.5. The number of benzene rings is 3. The van der Waals surface area contributed by atoms with Crippen molar-refractivity contribution in [3.8, 4) is 0 Å². The van der Waals surface area contributed by atoms with E-state index in [9.17, 15) is 4.79 Å². The number of anilines is 6. The highest BCUT2D eigenvalue weighted by molar-refractivity contribution is 6.35. The number of amides is 1. The largest absolute Gasteiger partial charge is 0.369 e. The third-order valence-corrected chi connectivity index (χ3v) is 6.55. The molecule has 0 radical (unpaired) electrons. The summed E-state index contributed by atoms with van der Waals surface area (Å²) in [6.07, 6.45) is 1.23. The summed E-state index contributed by atoms with van der Waals surface area (Å²) in [6.45, 7) is 7.65. The van der Waals surface area contributed by atoms with Crippen LogP contribution in [0, 0.1) is 0 Å². The predicted molar refractivity (Wildman–Crippen MR) is 153 cm³/mol. The van der Waals surface area contributed by atoms with E-state index in [0.29, 0.717) is 28.0 Å². The summed E-state index contributed by atoms with van der Waals surface area (Å²) in [7, 11) is 2.15. The quantitative estimate of drug-likeness (QED) is 0.275. The van der Waals surface area contributed by atoms with Gasteiger partial charge in [0, 0.05) is 54.3 Å². The van der Waals surface area contributed by atoms with Crippen LogP contribution in [0.4, 0.5) is 34.5 Å². The van der Waals surface area contributed by atoms with E-state index < -0.39 is 0 Å². The number of nitrogens with one attached hydrogen (secondary N) is 3. The highest BCUT2D eigenvalue weighted by Crippen LogP contribution is 2.31. The summed E-state index contributed by atoms with van der Waals surface area (Å²) in [5.41, 5.74) is 4.11. The van der Waals surface area contributed by atoms with E-state index in [1.165, 1.54) is 11.8 Å². The molecule has 188 valence electrons. The smallest absolute Gasteiger partial charge is 0.247 e. The summed E-state index contributed by atoms with van der Waals surface area (Å²) in [4.78, 5) is 25.9. The van der Waals surface area contributed by atoms with Crippen LogP contribution in [-0.2, 0) is 4.79 Å². The number of piperazine rings is 1. The third-order valence-electron chi connectivity index (χ3n) is 6.25. The maximum absolute atomic E-state index is 11.7. The molecular weight excluding hydrogens is 486 g/mol. The molecule has 0 aliphatic carbocycles. The predicted octanol–water partition coefficient (Wildman–Crippen LogP) is 5.65. The summed E-state index contributed by atoms with van der Waals surface area (Å²) in [5.74, 6) is 0.740. The molecule has 0 spiro atoms. The number of nitrogens with zero attached hydrogens (tertiary/aromatic N) is 4. The minimum atomic E-state index is -0.276. The Kier molecular flexibility index (Phi) is 7.20. The van der Waals surface area contributed by atoms with Gasteiger partial charge in [0.15, 0.2) is 0 Å².